The summed E-state index contributed by atoms with van der Waals surface area (Å²) >= 11 is -2.80. The topological polar surface area (TPSA) is 0 Å². The van der Waals surface area contributed by atoms with Crippen molar-refractivity contribution in [3.8, 4) is 11.1 Å². The Morgan fingerprint density at radius 3 is 1.70 bits per heavy atom. The molecule has 50 heavy (non-hydrogen) atoms. The number of aryl methyl sites for hydroxylation is 2. The van der Waals surface area contributed by atoms with Gasteiger partial charge in [-0.05, 0) is 0 Å². The Kier molecular flexibility index (Phi) is 13.8. The second-order valence-electron chi connectivity index (χ2n) is 16.2. The quantitative estimate of drug-likeness (QED) is 0.166. The zero-order chi connectivity index (χ0) is 34.1. The van der Waals surface area contributed by atoms with Crippen LogP contribution in [0.4, 0.5) is 0 Å². The maximum atomic E-state index is 2.52. The fourth-order valence-electron chi connectivity index (χ4n) is 7.63. The molecular weight excluding hydrogens is 727 g/mol. The van der Waals surface area contributed by atoms with Gasteiger partial charge in [0.25, 0.3) is 0 Å². The average Bonchev–Trinajstić information content (AvgIpc) is 3.73. The first-order valence-electron chi connectivity index (χ1n) is 18.6. The van der Waals surface area contributed by atoms with E-state index in [2.05, 4.69) is 152 Å². The first kappa shape index (κ1) is 40.5. The van der Waals surface area contributed by atoms with Crippen molar-refractivity contribution < 1.29 is 46.1 Å². The minimum absolute atomic E-state index is 0. The summed E-state index contributed by atoms with van der Waals surface area (Å²) in [6.07, 6.45) is 16.6. The summed E-state index contributed by atoms with van der Waals surface area (Å²) in [6.45, 7) is 18.9. The van der Waals surface area contributed by atoms with Gasteiger partial charge in [0.05, 0.1) is 0 Å². The molecule has 0 fully saturated rings. The Balaban J connectivity index is 0.00000281. The average molecular weight is 783 g/mol. The standard InChI is InChI=1S/C21H25.C21H26.C5H5.2ClH.Zr/c1-20(2,3)16-7-9-18-14(12-16)11-15-13-17(21(4,5)6)8-10-19(15)18;1-3-5-7-18-9-13-20(14-10-18)17-21-15-11-19(12-16-21)8-6-4-2;1-2-4-5-3-1;;;/h7-10,12H,11H2,1-6H3;9-16H,3-8H2,1-2H3;1-3H,4H2;2*1H;/q;;;;;+2/p-2. The fourth-order valence-corrected chi connectivity index (χ4v) is 16.6. The summed E-state index contributed by atoms with van der Waals surface area (Å²) in [5, 5.41) is 0. The van der Waals surface area contributed by atoms with Crippen molar-refractivity contribution in [3.63, 3.8) is 0 Å². The van der Waals surface area contributed by atoms with E-state index in [0.717, 1.165) is 25.7 Å². The predicted molar refractivity (Wildman–Crippen MR) is 207 cm³/mol. The van der Waals surface area contributed by atoms with Crippen LogP contribution in [0.25, 0.3) is 11.1 Å². The maximum absolute atomic E-state index is 2.80. The number of benzene rings is 4. The SMILES string of the molecule is CCCCc1ccc([C](c2ccc(CCCC)cc2)=[Zr+2]([C]2=CC=CC2)[c]2c(C(C)(C)C)ccc3c2Cc2cc(C(C)(C)C)ccc2-3)cc1.[Cl-].[Cl-]. The van der Waals surface area contributed by atoms with Crippen molar-refractivity contribution in [3.05, 3.63) is 145 Å². The van der Waals surface area contributed by atoms with Crippen molar-refractivity contribution in [2.24, 2.45) is 0 Å². The van der Waals surface area contributed by atoms with Gasteiger partial charge < -0.3 is 24.8 Å². The van der Waals surface area contributed by atoms with E-state index in [1.54, 1.807) is 20.9 Å². The van der Waals surface area contributed by atoms with Crippen molar-refractivity contribution in [2.45, 2.75) is 118 Å². The summed E-state index contributed by atoms with van der Waals surface area (Å²) in [7, 11) is 0. The normalized spacial score (nSPS) is 13.1. The van der Waals surface area contributed by atoms with Gasteiger partial charge in [-0.15, -0.1) is 0 Å². The molecule has 0 amide bonds. The van der Waals surface area contributed by atoms with E-state index in [1.807, 2.05) is 0 Å². The van der Waals surface area contributed by atoms with Crippen LogP contribution in [0, 0.1) is 0 Å². The second kappa shape index (κ2) is 17.0. The summed E-state index contributed by atoms with van der Waals surface area (Å²) < 4.78 is 5.07. The molecular formula is C47H56Cl2Zr. The van der Waals surface area contributed by atoms with Crippen LogP contribution in [-0.2, 0) is 51.4 Å². The van der Waals surface area contributed by atoms with Crippen molar-refractivity contribution in [1.82, 2.24) is 0 Å². The fraction of sp³-hybridized carbons (Fsp3) is 0.383. The van der Waals surface area contributed by atoms with Crippen LogP contribution in [0.1, 0.15) is 132 Å². The van der Waals surface area contributed by atoms with Gasteiger partial charge in [0.1, 0.15) is 0 Å². The molecule has 4 aromatic carbocycles. The van der Waals surface area contributed by atoms with E-state index in [-0.39, 0.29) is 35.6 Å². The molecule has 0 nitrogen and oxygen atoms in total. The third-order valence-corrected chi connectivity index (χ3v) is 18.2. The van der Waals surface area contributed by atoms with Gasteiger partial charge in [-0.3, -0.25) is 0 Å². The maximum Gasteiger partial charge on any atom is -1.00 e. The number of rotatable bonds is 10. The molecule has 6 rings (SSSR count). The molecule has 0 atom stereocenters. The Morgan fingerprint density at radius 2 is 1.22 bits per heavy atom. The monoisotopic (exact) mass is 780 g/mol. The summed E-state index contributed by atoms with van der Waals surface area (Å²) in [4.78, 5) is 0. The van der Waals surface area contributed by atoms with Gasteiger partial charge in [-0.2, -0.15) is 0 Å². The summed E-state index contributed by atoms with van der Waals surface area (Å²) in [6, 6.07) is 31.9. The van der Waals surface area contributed by atoms with Gasteiger partial charge in [0.15, 0.2) is 0 Å². The number of allylic oxidation sites excluding steroid dienone is 4. The predicted octanol–water partition coefficient (Wildman–Crippen LogP) is 5.90. The molecule has 262 valence electrons. The van der Waals surface area contributed by atoms with Gasteiger partial charge in [0, 0.05) is 0 Å². The molecule has 0 saturated carbocycles. The molecule has 0 bridgehead atoms. The van der Waals surface area contributed by atoms with E-state index in [9.17, 15) is 0 Å². The first-order valence-corrected chi connectivity index (χ1v) is 22.3. The molecule has 0 aromatic heterocycles. The van der Waals surface area contributed by atoms with Crippen LogP contribution >= 0.6 is 0 Å². The molecule has 0 radical (unpaired) electrons. The number of hydrogen-bond donors (Lipinski definition) is 0. The van der Waals surface area contributed by atoms with Gasteiger partial charge in [0.2, 0.25) is 0 Å². The molecule has 0 unspecified atom stereocenters. The molecule has 0 aliphatic heterocycles. The van der Waals surface area contributed by atoms with Crippen LogP contribution in [0.3, 0.4) is 0 Å². The molecule has 2 aliphatic rings. The first-order chi connectivity index (χ1) is 23.0. The number of hydrogen-bond acceptors (Lipinski definition) is 0. The molecule has 0 saturated heterocycles. The van der Waals surface area contributed by atoms with E-state index in [4.69, 9.17) is 0 Å². The molecule has 0 heterocycles. The minimum atomic E-state index is -2.80. The second-order valence-corrected chi connectivity index (χ2v) is 22.1. The van der Waals surface area contributed by atoms with Gasteiger partial charge in [-0.1, -0.05) is 0 Å². The van der Waals surface area contributed by atoms with Crippen molar-refractivity contribution >= 4 is 6.48 Å². The minimum Gasteiger partial charge on any atom is -1.00 e. The third-order valence-electron chi connectivity index (χ3n) is 10.5. The van der Waals surface area contributed by atoms with E-state index >= 15 is 0 Å². The largest absolute Gasteiger partial charge is 1.00 e. The Labute approximate surface area is 323 Å². The number of unbranched alkanes of at least 4 members (excludes halogenated alkanes) is 2. The van der Waals surface area contributed by atoms with Gasteiger partial charge in [-0.25, -0.2) is 0 Å². The van der Waals surface area contributed by atoms with E-state index in [1.165, 1.54) is 70.2 Å². The van der Waals surface area contributed by atoms with Crippen LogP contribution in [-0.4, -0.2) is 3.21 Å². The molecule has 4 aromatic rings. The van der Waals surface area contributed by atoms with Crippen molar-refractivity contribution in [1.29, 1.82) is 0 Å². The van der Waals surface area contributed by atoms with Crippen molar-refractivity contribution in [2.75, 3.05) is 0 Å². The Hall–Kier alpha value is -2.31. The Bertz CT molecular complexity index is 1820. The number of fused-ring (bicyclic) bond motifs is 3. The molecule has 0 N–H and O–H groups in total. The van der Waals surface area contributed by atoms with E-state index in [0.29, 0.717) is 0 Å². The molecule has 2 aliphatic carbocycles. The van der Waals surface area contributed by atoms with Gasteiger partial charge >= 0.3 is 301 Å². The van der Waals surface area contributed by atoms with Crippen LogP contribution in [0.5, 0.6) is 0 Å². The zero-order valence-corrected chi connectivity index (χ0v) is 35.6. The van der Waals surface area contributed by atoms with Crippen LogP contribution in [0.15, 0.2) is 100 Å². The van der Waals surface area contributed by atoms with Crippen LogP contribution in [0.2, 0.25) is 0 Å². The smallest absolute Gasteiger partial charge is 1.00 e. The molecule has 0 spiro atoms. The summed E-state index contributed by atoms with van der Waals surface area (Å²) in [5.41, 5.74) is 15.0. The third kappa shape index (κ3) is 8.65. The van der Waals surface area contributed by atoms with E-state index < -0.39 is 21.3 Å². The summed E-state index contributed by atoms with van der Waals surface area (Å²) in [5.74, 6) is 0. The van der Waals surface area contributed by atoms with Crippen LogP contribution < -0.4 is 28.1 Å². The molecule has 3 heteroatoms. The Morgan fingerprint density at radius 1 is 0.660 bits per heavy atom. The number of halogens is 2. The zero-order valence-electron chi connectivity index (χ0n) is 31.7.